The van der Waals surface area contributed by atoms with Gasteiger partial charge in [-0.15, -0.1) is 0 Å². The maximum Gasteiger partial charge on any atom is 0.139 e. The summed E-state index contributed by atoms with van der Waals surface area (Å²) in [6.07, 6.45) is 3.81. The van der Waals surface area contributed by atoms with Gasteiger partial charge in [-0.05, 0) is 67.0 Å². The van der Waals surface area contributed by atoms with Crippen molar-refractivity contribution in [1.29, 1.82) is 0 Å². The number of aryl methyl sites for hydroxylation is 1. The molecule has 1 aliphatic rings. The molecule has 1 unspecified atom stereocenters. The molecular weight excluding hydrogens is 295 g/mol. The van der Waals surface area contributed by atoms with Gasteiger partial charge in [0.25, 0.3) is 0 Å². The quantitative estimate of drug-likeness (QED) is 0.913. The van der Waals surface area contributed by atoms with Crippen molar-refractivity contribution in [2.45, 2.75) is 32.2 Å². The molecule has 0 saturated carbocycles. The van der Waals surface area contributed by atoms with Crippen molar-refractivity contribution < 1.29 is 4.39 Å². The highest BCUT2D eigenvalue weighted by atomic mass is 79.9. The van der Waals surface area contributed by atoms with Crippen LogP contribution in [0.4, 0.5) is 10.1 Å². The number of rotatable bonds is 3. The van der Waals surface area contributed by atoms with Crippen LogP contribution in [-0.4, -0.2) is 31.1 Å². The van der Waals surface area contributed by atoms with E-state index in [2.05, 4.69) is 33.2 Å². The van der Waals surface area contributed by atoms with Crippen LogP contribution in [0.1, 0.15) is 24.8 Å². The monoisotopic (exact) mass is 314 g/mol. The van der Waals surface area contributed by atoms with Crippen molar-refractivity contribution in [1.82, 2.24) is 4.90 Å². The molecule has 2 rings (SSSR count). The lowest BCUT2D eigenvalue weighted by Crippen LogP contribution is -2.40. The van der Waals surface area contributed by atoms with Crippen LogP contribution < -0.4 is 5.32 Å². The molecule has 4 heteroatoms. The number of benzene rings is 1. The molecule has 1 aromatic carbocycles. The van der Waals surface area contributed by atoms with Crippen LogP contribution in [-0.2, 0) is 0 Å². The van der Waals surface area contributed by atoms with Crippen molar-refractivity contribution in [2.75, 3.05) is 25.5 Å². The molecule has 0 aliphatic carbocycles. The maximum absolute atomic E-state index is 13.5. The number of likely N-dealkylation sites (N-methyl/N-ethyl adjacent to an activating group) is 1. The van der Waals surface area contributed by atoms with Gasteiger partial charge >= 0.3 is 0 Å². The second kappa shape index (κ2) is 6.02. The highest BCUT2D eigenvalue weighted by molar-refractivity contribution is 9.10. The van der Waals surface area contributed by atoms with Crippen molar-refractivity contribution in [3.63, 3.8) is 0 Å². The molecule has 0 spiro atoms. The van der Waals surface area contributed by atoms with E-state index < -0.39 is 0 Å². The number of piperidine rings is 1. The van der Waals surface area contributed by atoms with E-state index in [1.165, 1.54) is 25.8 Å². The lowest BCUT2D eigenvalue weighted by atomic mass is 10.0. The molecular formula is C14H20BrFN2. The molecule has 0 aromatic heterocycles. The minimum atomic E-state index is -0.208. The van der Waals surface area contributed by atoms with Crippen LogP contribution in [0.25, 0.3) is 0 Å². The first-order valence-corrected chi connectivity index (χ1v) is 7.27. The molecule has 1 fully saturated rings. The van der Waals surface area contributed by atoms with Crippen LogP contribution >= 0.6 is 15.9 Å². The zero-order valence-electron chi connectivity index (χ0n) is 11.0. The lowest BCUT2D eigenvalue weighted by Gasteiger charge is -2.32. The Labute approximate surface area is 117 Å². The van der Waals surface area contributed by atoms with Gasteiger partial charge < -0.3 is 10.2 Å². The summed E-state index contributed by atoms with van der Waals surface area (Å²) >= 11 is 3.21. The number of hydrogen-bond acceptors (Lipinski definition) is 2. The second-order valence-corrected chi connectivity index (χ2v) is 5.95. The molecule has 2 nitrogen and oxygen atoms in total. The zero-order valence-corrected chi connectivity index (χ0v) is 12.6. The molecule has 1 aliphatic heterocycles. The Morgan fingerprint density at radius 1 is 1.44 bits per heavy atom. The van der Waals surface area contributed by atoms with Gasteiger partial charge in [-0.1, -0.05) is 6.42 Å². The summed E-state index contributed by atoms with van der Waals surface area (Å²) in [6, 6.07) is 3.95. The number of halogens is 2. The fraction of sp³-hybridized carbons (Fsp3) is 0.571. The average molecular weight is 315 g/mol. The Hall–Kier alpha value is -0.610. The predicted molar refractivity (Wildman–Crippen MR) is 77.6 cm³/mol. The number of nitrogens with zero attached hydrogens (tertiary/aromatic N) is 1. The van der Waals surface area contributed by atoms with E-state index in [-0.39, 0.29) is 5.82 Å². The summed E-state index contributed by atoms with van der Waals surface area (Å²) in [4.78, 5) is 2.39. The summed E-state index contributed by atoms with van der Waals surface area (Å²) in [7, 11) is 2.17. The van der Waals surface area contributed by atoms with E-state index in [1.54, 1.807) is 6.07 Å². The van der Waals surface area contributed by atoms with Gasteiger partial charge in [0, 0.05) is 18.3 Å². The second-order valence-electron chi connectivity index (χ2n) is 5.09. The van der Waals surface area contributed by atoms with Gasteiger partial charge in [0.15, 0.2) is 0 Å². The minimum Gasteiger partial charge on any atom is -0.383 e. The first-order valence-electron chi connectivity index (χ1n) is 6.47. The van der Waals surface area contributed by atoms with E-state index in [0.29, 0.717) is 10.5 Å². The lowest BCUT2D eigenvalue weighted by molar-refractivity contribution is 0.194. The molecule has 100 valence electrons. The Kier molecular flexibility index (Phi) is 4.62. The SMILES string of the molecule is Cc1cc(Br)c(F)cc1NCC1CCCCN1C. The van der Waals surface area contributed by atoms with Crippen molar-refractivity contribution >= 4 is 21.6 Å². The molecule has 1 aromatic rings. The first kappa shape index (κ1) is 13.8. The Bertz CT molecular complexity index is 423. The number of likely N-dealkylation sites (tertiary alicyclic amines) is 1. The number of nitrogens with one attached hydrogen (secondary N) is 1. The Morgan fingerprint density at radius 3 is 2.94 bits per heavy atom. The van der Waals surface area contributed by atoms with Crippen molar-refractivity contribution in [2.24, 2.45) is 0 Å². The summed E-state index contributed by atoms with van der Waals surface area (Å²) in [6.45, 7) is 4.05. The molecule has 0 bridgehead atoms. The van der Waals surface area contributed by atoms with Gasteiger partial charge in [0.1, 0.15) is 5.82 Å². The fourth-order valence-corrected chi connectivity index (χ4v) is 2.92. The normalized spacial score (nSPS) is 21.0. The van der Waals surface area contributed by atoms with E-state index in [9.17, 15) is 4.39 Å². The molecule has 1 heterocycles. The third-order valence-electron chi connectivity index (χ3n) is 3.72. The molecule has 1 N–H and O–H groups in total. The third kappa shape index (κ3) is 3.23. The highest BCUT2D eigenvalue weighted by Crippen LogP contribution is 2.24. The standard InChI is InChI=1S/C14H20BrFN2/c1-10-7-12(15)13(16)8-14(10)17-9-11-5-3-4-6-18(11)2/h7-8,11,17H,3-6,9H2,1-2H3. The highest BCUT2D eigenvalue weighted by Gasteiger charge is 2.18. The smallest absolute Gasteiger partial charge is 0.139 e. The third-order valence-corrected chi connectivity index (χ3v) is 4.32. The fourth-order valence-electron chi connectivity index (χ4n) is 2.47. The first-order chi connectivity index (χ1) is 8.58. The summed E-state index contributed by atoms with van der Waals surface area (Å²) in [5.41, 5.74) is 1.97. The Balaban J connectivity index is 1.99. The number of anilines is 1. The van der Waals surface area contributed by atoms with Crippen LogP contribution in [0.15, 0.2) is 16.6 Å². The van der Waals surface area contributed by atoms with Gasteiger partial charge in [-0.25, -0.2) is 4.39 Å². The summed E-state index contributed by atoms with van der Waals surface area (Å²) in [5, 5.41) is 3.38. The van der Waals surface area contributed by atoms with Gasteiger partial charge in [-0.2, -0.15) is 0 Å². The topological polar surface area (TPSA) is 15.3 Å². The van der Waals surface area contributed by atoms with Gasteiger partial charge in [-0.3, -0.25) is 0 Å². The van der Waals surface area contributed by atoms with Crippen molar-refractivity contribution in [3.8, 4) is 0 Å². The van der Waals surface area contributed by atoms with Crippen LogP contribution in [0.2, 0.25) is 0 Å². The molecule has 1 saturated heterocycles. The molecule has 1 atom stereocenters. The van der Waals surface area contributed by atoms with E-state index >= 15 is 0 Å². The zero-order chi connectivity index (χ0) is 13.1. The molecule has 18 heavy (non-hydrogen) atoms. The number of hydrogen-bond donors (Lipinski definition) is 1. The molecule has 0 amide bonds. The minimum absolute atomic E-state index is 0.208. The van der Waals surface area contributed by atoms with Crippen molar-refractivity contribution in [3.05, 3.63) is 28.0 Å². The average Bonchev–Trinajstić information content (AvgIpc) is 2.34. The van der Waals surface area contributed by atoms with E-state index in [0.717, 1.165) is 17.8 Å². The van der Waals surface area contributed by atoms with Gasteiger partial charge in [0.2, 0.25) is 0 Å². The summed E-state index contributed by atoms with van der Waals surface area (Å²) in [5.74, 6) is -0.208. The van der Waals surface area contributed by atoms with E-state index in [4.69, 9.17) is 0 Å². The largest absolute Gasteiger partial charge is 0.383 e. The maximum atomic E-state index is 13.5. The summed E-state index contributed by atoms with van der Waals surface area (Å²) < 4.78 is 14.0. The Morgan fingerprint density at radius 2 is 2.22 bits per heavy atom. The predicted octanol–water partition coefficient (Wildman–Crippen LogP) is 3.79. The van der Waals surface area contributed by atoms with Crippen LogP contribution in [0.3, 0.4) is 0 Å². The van der Waals surface area contributed by atoms with Crippen LogP contribution in [0, 0.1) is 12.7 Å². The molecule has 0 radical (unpaired) electrons. The van der Waals surface area contributed by atoms with Gasteiger partial charge in [0.05, 0.1) is 4.47 Å². The van der Waals surface area contributed by atoms with Crippen LogP contribution in [0.5, 0.6) is 0 Å². The van der Waals surface area contributed by atoms with E-state index in [1.807, 2.05) is 13.0 Å².